The molecule has 0 saturated carbocycles. The van der Waals surface area contributed by atoms with E-state index in [1.54, 1.807) is 6.20 Å². The summed E-state index contributed by atoms with van der Waals surface area (Å²) < 4.78 is 0. The molecule has 5 nitrogen and oxygen atoms in total. The van der Waals surface area contributed by atoms with Crippen molar-refractivity contribution < 1.29 is 4.79 Å². The number of hydrogen-bond acceptors (Lipinski definition) is 3. The van der Waals surface area contributed by atoms with Crippen LogP contribution in [0.25, 0.3) is 0 Å². The minimum atomic E-state index is -0.290. The molecule has 14 heavy (non-hydrogen) atoms. The van der Waals surface area contributed by atoms with Crippen LogP contribution in [0.3, 0.4) is 0 Å². The Kier molecular flexibility index (Phi) is 3.64. The van der Waals surface area contributed by atoms with Crippen LogP contribution in [0, 0.1) is 0 Å². The van der Waals surface area contributed by atoms with Crippen LogP contribution in [0.2, 0.25) is 0 Å². The van der Waals surface area contributed by atoms with Crippen molar-refractivity contribution in [2.75, 3.05) is 0 Å². The SMILES string of the molecule is CC(CC(N)=O)NC(C)c1ccn[nH]1. The van der Waals surface area contributed by atoms with Crippen LogP contribution in [-0.2, 0) is 4.79 Å². The molecule has 0 aliphatic carbocycles. The van der Waals surface area contributed by atoms with E-state index < -0.39 is 0 Å². The quantitative estimate of drug-likeness (QED) is 0.634. The highest BCUT2D eigenvalue weighted by molar-refractivity contribution is 5.74. The van der Waals surface area contributed by atoms with Crippen molar-refractivity contribution in [2.45, 2.75) is 32.4 Å². The van der Waals surface area contributed by atoms with E-state index in [9.17, 15) is 4.79 Å². The van der Waals surface area contributed by atoms with Gasteiger partial charge in [-0.1, -0.05) is 0 Å². The molecule has 0 aliphatic heterocycles. The van der Waals surface area contributed by atoms with Crippen LogP contribution in [-0.4, -0.2) is 22.1 Å². The molecule has 0 spiro atoms. The number of nitrogens with one attached hydrogen (secondary N) is 2. The average Bonchev–Trinajstić information content (AvgIpc) is 2.53. The molecule has 2 atom stereocenters. The number of nitrogens with two attached hydrogens (primary N) is 1. The zero-order chi connectivity index (χ0) is 10.6. The summed E-state index contributed by atoms with van der Waals surface area (Å²) in [6.07, 6.45) is 2.05. The Bertz CT molecular complexity index is 283. The van der Waals surface area contributed by atoms with Gasteiger partial charge in [-0.15, -0.1) is 0 Å². The molecule has 0 fully saturated rings. The first-order valence-electron chi connectivity index (χ1n) is 4.63. The minimum Gasteiger partial charge on any atom is -0.370 e. The second-order valence-electron chi connectivity index (χ2n) is 3.47. The van der Waals surface area contributed by atoms with Crippen molar-refractivity contribution in [1.82, 2.24) is 15.5 Å². The van der Waals surface area contributed by atoms with Crippen molar-refractivity contribution in [2.24, 2.45) is 5.73 Å². The lowest BCUT2D eigenvalue weighted by Gasteiger charge is -2.17. The predicted molar refractivity (Wildman–Crippen MR) is 53.4 cm³/mol. The molecule has 0 aromatic carbocycles. The third-order valence-corrected chi connectivity index (χ3v) is 2.03. The van der Waals surface area contributed by atoms with Crippen molar-refractivity contribution in [3.63, 3.8) is 0 Å². The largest absolute Gasteiger partial charge is 0.370 e. The van der Waals surface area contributed by atoms with Crippen molar-refractivity contribution >= 4 is 5.91 Å². The van der Waals surface area contributed by atoms with Gasteiger partial charge in [-0.3, -0.25) is 9.89 Å². The molecule has 0 aliphatic rings. The van der Waals surface area contributed by atoms with E-state index in [2.05, 4.69) is 15.5 Å². The zero-order valence-corrected chi connectivity index (χ0v) is 8.45. The van der Waals surface area contributed by atoms with Crippen molar-refractivity contribution in [3.05, 3.63) is 18.0 Å². The van der Waals surface area contributed by atoms with E-state index in [4.69, 9.17) is 5.73 Å². The third kappa shape index (κ3) is 3.18. The Morgan fingerprint density at radius 1 is 1.71 bits per heavy atom. The lowest BCUT2D eigenvalue weighted by Crippen LogP contribution is -2.33. The molecular weight excluding hydrogens is 180 g/mol. The first-order valence-corrected chi connectivity index (χ1v) is 4.63. The summed E-state index contributed by atoms with van der Waals surface area (Å²) in [4.78, 5) is 10.6. The summed E-state index contributed by atoms with van der Waals surface area (Å²) in [5.74, 6) is -0.290. The van der Waals surface area contributed by atoms with Crippen molar-refractivity contribution in [3.8, 4) is 0 Å². The Labute approximate surface area is 83.1 Å². The fraction of sp³-hybridized carbons (Fsp3) is 0.556. The highest BCUT2D eigenvalue weighted by Crippen LogP contribution is 2.09. The van der Waals surface area contributed by atoms with Gasteiger partial charge in [-0.05, 0) is 19.9 Å². The number of nitrogens with zero attached hydrogens (tertiary/aromatic N) is 1. The van der Waals surface area contributed by atoms with Crippen LogP contribution in [0.4, 0.5) is 0 Å². The van der Waals surface area contributed by atoms with Gasteiger partial charge in [0.1, 0.15) is 0 Å². The number of H-pyrrole nitrogens is 1. The maximum Gasteiger partial charge on any atom is 0.218 e. The van der Waals surface area contributed by atoms with E-state index in [0.717, 1.165) is 5.69 Å². The van der Waals surface area contributed by atoms with Crippen LogP contribution in [0.1, 0.15) is 32.0 Å². The number of primary amides is 1. The summed E-state index contributed by atoms with van der Waals surface area (Å²) in [5, 5.41) is 9.96. The van der Waals surface area contributed by atoms with Gasteiger partial charge < -0.3 is 11.1 Å². The van der Waals surface area contributed by atoms with Gasteiger partial charge in [0.15, 0.2) is 0 Å². The van der Waals surface area contributed by atoms with Gasteiger partial charge in [0.2, 0.25) is 5.91 Å². The minimum absolute atomic E-state index is 0.0748. The molecule has 1 aromatic rings. The first kappa shape index (κ1) is 10.7. The van der Waals surface area contributed by atoms with Crippen LogP contribution < -0.4 is 11.1 Å². The molecule has 78 valence electrons. The van der Waals surface area contributed by atoms with Crippen molar-refractivity contribution in [1.29, 1.82) is 0 Å². The molecule has 4 N–H and O–H groups in total. The number of carbonyl (C=O) groups excluding carboxylic acids is 1. The van der Waals surface area contributed by atoms with E-state index in [1.165, 1.54) is 0 Å². The smallest absolute Gasteiger partial charge is 0.218 e. The first-order chi connectivity index (χ1) is 6.59. The van der Waals surface area contributed by atoms with Gasteiger partial charge in [0.25, 0.3) is 0 Å². The lowest BCUT2D eigenvalue weighted by atomic mass is 10.1. The number of aromatic nitrogens is 2. The topological polar surface area (TPSA) is 83.8 Å². The number of hydrogen-bond donors (Lipinski definition) is 3. The summed E-state index contributed by atoms with van der Waals surface area (Å²) in [6, 6.07) is 2.12. The Hall–Kier alpha value is -1.36. The normalized spacial score (nSPS) is 15.0. The Balaban J connectivity index is 2.41. The molecule has 0 bridgehead atoms. The molecule has 0 radical (unpaired) electrons. The summed E-state index contributed by atoms with van der Waals surface area (Å²) in [7, 11) is 0. The van der Waals surface area contributed by atoms with Crippen LogP contribution >= 0.6 is 0 Å². The Morgan fingerprint density at radius 2 is 2.43 bits per heavy atom. The molecule has 1 rings (SSSR count). The van der Waals surface area contributed by atoms with E-state index in [1.807, 2.05) is 19.9 Å². The number of carbonyl (C=O) groups is 1. The Morgan fingerprint density at radius 3 is 2.93 bits per heavy atom. The molecular formula is C9H16N4O. The number of aromatic amines is 1. The average molecular weight is 196 g/mol. The highest BCUT2D eigenvalue weighted by atomic mass is 16.1. The van der Waals surface area contributed by atoms with E-state index >= 15 is 0 Å². The van der Waals surface area contributed by atoms with Crippen LogP contribution in [0.5, 0.6) is 0 Å². The van der Waals surface area contributed by atoms with Gasteiger partial charge in [-0.25, -0.2) is 0 Å². The van der Waals surface area contributed by atoms with Crippen LogP contribution in [0.15, 0.2) is 12.3 Å². The molecule has 5 heteroatoms. The second kappa shape index (κ2) is 4.76. The molecule has 1 aromatic heterocycles. The maximum atomic E-state index is 10.6. The van der Waals surface area contributed by atoms with Gasteiger partial charge in [-0.2, -0.15) is 5.10 Å². The zero-order valence-electron chi connectivity index (χ0n) is 8.45. The fourth-order valence-corrected chi connectivity index (χ4v) is 1.39. The summed E-state index contributed by atoms with van der Waals surface area (Å²) in [5.41, 5.74) is 6.09. The number of amides is 1. The van der Waals surface area contributed by atoms with E-state index in [-0.39, 0.29) is 18.0 Å². The molecule has 2 unspecified atom stereocenters. The predicted octanol–water partition coefficient (Wildman–Crippen LogP) is 0.324. The van der Waals surface area contributed by atoms with E-state index in [0.29, 0.717) is 6.42 Å². The molecule has 0 saturated heterocycles. The van der Waals surface area contributed by atoms with Gasteiger partial charge in [0.05, 0.1) is 5.69 Å². The number of rotatable bonds is 5. The fourth-order valence-electron chi connectivity index (χ4n) is 1.39. The van der Waals surface area contributed by atoms with Gasteiger partial charge in [0, 0.05) is 24.7 Å². The second-order valence-corrected chi connectivity index (χ2v) is 3.47. The standard InChI is InChI=1S/C9H16N4O/c1-6(5-9(10)14)12-7(2)8-3-4-11-13-8/h3-4,6-7,12H,5H2,1-2H3,(H2,10,14)(H,11,13). The highest BCUT2D eigenvalue weighted by Gasteiger charge is 2.11. The molecule has 1 heterocycles. The monoisotopic (exact) mass is 196 g/mol. The lowest BCUT2D eigenvalue weighted by molar-refractivity contribution is -0.118. The third-order valence-electron chi connectivity index (χ3n) is 2.03. The maximum absolute atomic E-state index is 10.6. The molecule has 1 amide bonds. The summed E-state index contributed by atoms with van der Waals surface area (Å²) in [6.45, 7) is 3.93. The van der Waals surface area contributed by atoms with Gasteiger partial charge >= 0.3 is 0 Å². The summed E-state index contributed by atoms with van der Waals surface area (Å²) >= 11 is 0.